The monoisotopic (exact) mass is 584 g/mol. The second kappa shape index (κ2) is 20.7. The van der Waals surface area contributed by atoms with Gasteiger partial charge in [-0.15, -0.1) is 0 Å². The summed E-state index contributed by atoms with van der Waals surface area (Å²) in [5, 5.41) is 71.5. The molecule has 0 saturated carbocycles. The van der Waals surface area contributed by atoms with Crippen molar-refractivity contribution in [2.24, 2.45) is 0 Å². The fourth-order valence-corrected chi connectivity index (χ4v) is 0.516. The van der Waals surface area contributed by atoms with E-state index in [-0.39, 0.29) is 108 Å². The molecule has 4 unspecified atom stereocenters. The summed E-state index contributed by atoms with van der Waals surface area (Å²) in [4.78, 5) is 38.5. The van der Waals surface area contributed by atoms with Gasteiger partial charge in [0, 0.05) is 0 Å². The topological polar surface area (TPSA) is 241 Å². The van der Waals surface area contributed by atoms with Crippen LogP contribution in [0.25, 0.3) is 0 Å². The number of aliphatic hydroxyl groups excluding tert-OH is 4. The number of rotatable bonds is 6. The van der Waals surface area contributed by atoms with Crippen LogP contribution in [0.5, 0.6) is 0 Å². The summed E-state index contributed by atoms with van der Waals surface area (Å²) < 4.78 is 0. The second-order valence-corrected chi connectivity index (χ2v) is 3.06. The summed E-state index contributed by atoms with van der Waals surface area (Å²) in [5.74, 6) is -8.23. The van der Waals surface area contributed by atoms with E-state index in [4.69, 9.17) is 20.4 Å². The first-order valence-electron chi connectivity index (χ1n) is 4.49. The molecular formula is C8H8Na2O12Sb2+4. The third-order valence-electron chi connectivity index (χ3n) is 1.56. The third kappa shape index (κ3) is 18.2. The van der Waals surface area contributed by atoms with E-state index in [1.165, 1.54) is 0 Å². The molecule has 0 aromatic heterocycles. The number of carbonyl (C=O) groups is 4. The Morgan fingerprint density at radius 2 is 0.583 bits per heavy atom. The Hall–Kier alpha value is 1.36. The number of aliphatic hydroxyl groups is 4. The zero-order valence-corrected chi connectivity index (χ0v) is 21.4. The molecule has 120 valence electrons. The first-order valence-corrected chi connectivity index (χ1v) is 4.49. The molecule has 16 heteroatoms. The van der Waals surface area contributed by atoms with Gasteiger partial charge in [0.15, 0.2) is 0 Å². The van der Waals surface area contributed by atoms with Gasteiger partial charge >= 0.3 is 108 Å². The normalized spacial score (nSPS) is 13.2. The molecule has 0 heterocycles. The maximum Gasteiger partial charge on any atom is 3.00 e. The number of aliphatic carboxylic acids is 4. The summed E-state index contributed by atoms with van der Waals surface area (Å²) in [6.07, 6.45) is -9.76. The molecule has 0 aromatic carbocycles. The van der Waals surface area contributed by atoms with Crippen molar-refractivity contribution in [3.63, 3.8) is 0 Å². The van der Waals surface area contributed by atoms with E-state index in [1.54, 1.807) is 0 Å². The van der Waals surface area contributed by atoms with E-state index in [0.29, 0.717) is 0 Å². The molecule has 0 aliphatic rings. The Balaban J connectivity index is -0.0000000579. The Bertz CT molecular complexity index is 323. The Morgan fingerprint density at radius 1 is 0.500 bits per heavy atom. The van der Waals surface area contributed by atoms with Crippen molar-refractivity contribution in [3.8, 4) is 0 Å². The summed E-state index contributed by atoms with van der Waals surface area (Å²) in [7, 11) is 0. The van der Waals surface area contributed by atoms with Crippen LogP contribution in [0.1, 0.15) is 0 Å². The first kappa shape index (κ1) is 40.1. The van der Waals surface area contributed by atoms with E-state index in [9.17, 15) is 39.6 Å². The molecule has 4 N–H and O–H groups in total. The van der Waals surface area contributed by atoms with Gasteiger partial charge in [-0.2, -0.15) is 0 Å². The summed E-state index contributed by atoms with van der Waals surface area (Å²) in [5.41, 5.74) is 0. The van der Waals surface area contributed by atoms with Gasteiger partial charge in [-0.05, 0) is 0 Å². The zero-order valence-electron chi connectivity index (χ0n) is 12.3. The van der Waals surface area contributed by atoms with Crippen molar-refractivity contribution < 1.29 is 119 Å². The molecule has 0 aliphatic heterocycles. The van der Waals surface area contributed by atoms with Crippen LogP contribution in [0, 0.1) is 0 Å². The SMILES string of the molecule is O=C([O-])C(O)C(O)C(=O)[O-].O=C([O-])C(O)C(O)C(=O)[O-].[Na+].[Na+].[Sb+3].[Sb+3]. The summed E-state index contributed by atoms with van der Waals surface area (Å²) >= 11 is 0. The number of hydrogen-bond acceptors (Lipinski definition) is 12. The number of carboxylic acid groups (broad SMARTS) is 4. The van der Waals surface area contributed by atoms with Crippen LogP contribution in [-0.2, 0) is 19.2 Å². The quantitative estimate of drug-likeness (QED) is 0.212. The molecule has 4 radical (unpaired) electrons. The van der Waals surface area contributed by atoms with Crippen LogP contribution in [0.4, 0.5) is 0 Å². The van der Waals surface area contributed by atoms with Crippen molar-refractivity contribution in [2.75, 3.05) is 0 Å². The van der Waals surface area contributed by atoms with Crippen molar-refractivity contribution in [3.05, 3.63) is 0 Å². The number of hydrogen-bond donors (Lipinski definition) is 4. The third-order valence-corrected chi connectivity index (χ3v) is 1.56. The molecular weight excluding hydrogens is 578 g/mol. The second-order valence-electron chi connectivity index (χ2n) is 3.06. The van der Waals surface area contributed by atoms with Gasteiger partial charge in [0.1, 0.15) is 24.4 Å². The van der Waals surface area contributed by atoms with Gasteiger partial charge in [-0.1, -0.05) is 0 Å². The van der Waals surface area contributed by atoms with Gasteiger partial charge in [-0.3, -0.25) is 0 Å². The molecule has 0 amide bonds. The maximum absolute atomic E-state index is 9.63. The minimum atomic E-state index is -2.44. The largest absolute Gasteiger partial charge is 3.00 e. The average molecular weight is 586 g/mol. The van der Waals surface area contributed by atoms with E-state index in [1.807, 2.05) is 0 Å². The van der Waals surface area contributed by atoms with Crippen LogP contribution in [0.15, 0.2) is 0 Å². The van der Waals surface area contributed by atoms with E-state index in [2.05, 4.69) is 0 Å². The Morgan fingerprint density at radius 3 is 0.625 bits per heavy atom. The van der Waals surface area contributed by atoms with E-state index in [0.717, 1.165) is 0 Å². The average Bonchev–Trinajstić information content (AvgIpc) is 2.35. The molecule has 12 nitrogen and oxygen atoms in total. The first-order chi connectivity index (χ1) is 8.93. The fraction of sp³-hybridized carbons (Fsp3) is 0.500. The molecule has 0 aromatic rings. The van der Waals surface area contributed by atoms with Crippen molar-refractivity contribution >= 4 is 72.7 Å². The number of carboxylic acids is 4. The van der Waals surface area contributed by atoms with Crippen LogP contribution in [-0.4, -0.2) is 118 Å². The van der Waals surface area contributed by atoms with Crippen molar-refractivity contribution in [1.29, 1.82) is 0 Å². The van der Waals surface area contributed by atoms with Gasteiger partial charge in [0.2, 0.25) is 0 Å². The fourth-order valence-electron chi connectivity index (χ4n) is 0.516. The van der Waals surface area contributed by atoms with Gasteiger partial charge in [0.05, 0.1) is 23.9 Å². The van der Waals surface area contributed by atoms with Crippen LogP contribution in [0.3, 0.4) is 0 Å². The predicted molar refractivity (Wildman–Crippen MR) is 55.6 cm³/mol. The molecule has 0 rings (SSSR count). The van der Waals surface area contributed by atoms with Crippen LogP contribution in [0.2, 0.25) is 0 Å². The molecule has 24 heavy (non-hydrogen) atoms. The van der Waals surface area contributed by atoms with Gasteiger partial charge in [-0.25, -0.2) is 0 Å². The Kier molecular flexibility index (Phi) is 34.6. The summed E-state index contributed by atoms with van der Waals surface area (Å²) in [6, 6.07) is 0. The predicted octanol–water partition coefficient (Wildman–Crippen LogP) is -16.3. The molecule has 0 spiro atoms. The van der Waals surface area contributed by atoms with Gasteiger partial charge in [0.25, 0.3) is 0 Å². The van der Waals surface area contributed by atoms with Crippen molar-refractivity contribution in [1.82, 2.24) is 0 Å². The summed E-state index contributed by atoms with van der Waals surface area (Å²) in [6.45, 7) is 0. The van der Waals surface area contributed by atoms with Crippen LogP contribution < -0.4 is 79.5 Å². The van der Waals surface area contributed by atoms with E-state index >= 15 is 0 Å². The minimum Gasteiger partial charge on any atom is -0.547 e. The molecule has 0 bridgehead atoms. The van der Waals surface area contributed by atoms with Crippen LogP contribution >= 0.6 is 0 Å². The maximum atomic E-state index is 9.63. The minimum absolute atomic E-state index is 0. The zero-order chi connectivity index (χ0) is 16.6. The number of carbonyl (C=O) groups excluding carboxylic acids is 4. The molecule has 4 atom stereocenters. The van der Waals surface area contributed by atoms with Gasteiger partial charge < -0.3 is 60.0 Å². The molecule has 0 aliphatic carbocycles. The standard InChI is InChI=1S/2C4H6O6.2Na.2Sb/c2*5-1(3(7)8)2(6)4(9)10;;;;/h2*1-2,5-6H,(H,7,8)(H,9,10);;;;/q;;2*+1;2*+3/p-4. The Labute approximate surface area is 213 Å². The van der Waals surface area contributed by atoms with Crippen molar-refractivity contribution in [2.45, 2.75) is 24.4 Å². The molecule has 0 fully saturated rings. The molecule has 0 saturated heterocycles. The van der Waals surface area contributed by atoms with E-state index < -0.39 is 48.3 Å². The smallest absolute Gasteiger partial charge is 0.547 e.